The number of hydrogen-bond donors (Lipinski definition) is 4. The summed E-state index contributed by atoms with van der Waals surface area (Å²) >= 11 is 0. The summed E-state index contributed by atoms with van der Waals surface area (Å²) in [6, 6.07) is -2.14. The van der Waals surface area contributed by atoms with Gasteiger partial charge in [-0.3, -0.25) is 9.59 Å². The van der Waals surface area contributed by atoms with E-state index < -0.39 is 36.3 Å². The van der Waals surface area contributed by atoms with Crippen molar-refractivity contribution in [2.24, 2.45) is 11.5 Å². The lowest BCUT2D eigenvalue weighted by molar-refractivity contribution is -0.143. The van der Waals surface area contributed by atoms with E-state index in [1.165, 1.54) is 6.92 Å². The molecule has 2 amide bonds. The molecule has 0 aliphatic rings. The van der Waals surface area contributed by atoms with Gasteiger partial charge in [-0.05, 0) is 6.92 Å². The Balaban J connectivity index is 4.31. The van der Waals surface area contributed by atoms with Gasteiger partial charge >= 0.3 is 5.97 Å². The molecule has 7 nitrogen and oxygen atoms in total. The smallest absolute Gasteiger partial charge is 0.326 e. The van der Waals surface area contributed by atoms with Crippen LogP contribution in [0.25, 0.3) is 0 Å². The Morgan fingerprint density at radius 3 is 2.21 bits per heavy atom. The molecule has 80 valence electrons. The molecular weight excluding hydrogens is 190 g/mol. The highest BCUT2D eigenvalue weighted by Crippen LogP contribution is 1.92. The number of primary amides is 1. The number of nitrogens with one attached hydrogen (secondary N) is 1. The lowest BCUT2D eigenvalue weighted by Gasteiger charge is -2.14. The molecule has 0 aromatic rings. The lowest BCUT2D eigenvalue weighted by atomic mass is 10.2. The van der Waals surface area contributed by atoms with Crippen molar-refractivity contribution >= 4 is 17.8 Å². The average Bonchev–Trinajstić information content (AvgIpc) is 2.01. The molecule has 2 atom stereocenters. The van der Waals surface area contributed by atoms with E-state index in [2.05, 4.69) is 5.32 Å². The third-order valence-corrected chi connectivity index (χ3v) is 1.43. The Bertz CT molecular complexity index is 251. The van der Waals surface area contributed by atoms with Crippen molar-refractivity contribution in [3.8, 4) is 0 Å². The summed E-state index contributed by atoms with van der Waals surface area (Å²) in [5, 5.41) is 10.7. The van der Waals surface area contributed by atoms with Crippen LogP contribution in [0.5, 0.6) is 0 Å². The molecular formula is C7H13N3O4. The van der Waals surface area contributed by atoms with E-state index in [0.29, 0.717) is 0 Å². The normalized spacial score (nSPS) is 14.1. The van der Waals surface area contributed by atoms with Gasteiger partial charge in [0.15, 0.2) is 0 Å². The van der Waals surface area contributed by atoms with Crippen LogP contribution in [0.2, 0.25) is 0 Å². The third-order valence-electron chi connectivity index (χ3n) is 1.43. The van der Waals surface area contributed by atoms with Crippen molar-refractivity contribution in [2.75, 3.05) is 0 Å². The first-order chi connectivity index (χ1) is 6.34. The van der Waals surface area contributed by atoms with Crippen LogP contribution in [-0.4, -0.2) is 35.0 Å². The molecule has 0 spiro atoms. The zero-order valence-corrected chi connectivity index (χ0v) is 7.69. The van der Waals surface area contributed by atoms with Crippen LogP contribution in [0.15, 0.2) is 0 Å². The second kappa shape index (κ2) is 5.18. The number of aliphatic carboxylic acids is 1. The van der Waals surface area contributed by atoms with E-state index in [1.54, 1.807) is 0 Å². The first kappa shape index (κ1) is 12.4. The Morgan fingerprint density at radius 1 is 1.43 bits per heavy atom. The highest BCUT2D eigenvalue weighted by atomic mass is 16.4. The number of rotatable bonds is 5. The summed E-state index contributed by atoms with van der Waals surface area (Å²) in [5.41, 5.74) is 9.99. The van der Waals surface area contributed by atoms with Crippen LogP contribution in [-0.2, 0) is 14.4 Å². The molecule has 0 aliphatic carbocycles. The van der Waals surface area contributed by atoms with Gasteiger partial charge in [0.05, 0.1) is 12.5 Å². The Kier molecular flexibility index (Phi) is 4.57. The van der Waals surface area contributed by atoms with Gasteiger partial charge in [-0.2, -0.15) is 0 Å². The summed E-state index contributed by atoms with van der Waals surface area (Å²) in [4.78, 5) is 32.0. The molecule has 0 radical (unpaired) electrons. The van der Waals surface area contributed by atoms with Gasteiger partial charge in [0, 0.05) is 0 Å². The monoisotopic (exact) mass is 203 g/mol. The van der Waals surface area contributed by atoms with Crippen molar-refractivity contribution in [1.29, 1.82) is 0 Å². The van der Waals surface area contributed by atoms with E-state index in [9.17, 15) is 14.4 Å². The minimum atomic E-state index is -1.32. The summed E-state index contributed by atoms with van der Waals surface area (Å²) in [7, 11) is 0. The largest absolute Gasteiger partial charge is 0.480 e. The van der Waals surface area contributed by atoms with Crippen LogP contribution >= 0.6 is 0 Å². The molecule has 0 fully saturated rings. The topological polar surface area (TPSA) is 136 Å². The number of hydrogen-bond acceptors (Lipinski definition) is 4. The van der Waals surface area contributed by atoms with E-state index in [4.69, 9.17) is 16.6 Å². The molecule has 0 aromatic carbocycles. The van der Waals surface area contributed by atoms with Gasteiger partial charge in [0.25, 0.3) is 0 Å². The minimum Gasteiger partial charge on any atom is -0.480 e. The second-order valence-corrected chi connectivity index (χ2v) is 2.86. The maximum Gasteiger partial charge on any atom is 0.326 e. The minimum absolute atomic E-state index is 0.451. The third kappa shape index (κ3) is 4.41. The molecule has 0 heterocycles. The fourth-order valence-electron chi connectivity index (χ4n) is 0.704. The van der Waals surface area contributed by atoms with E-state index >= 15 is 0 Å². The van der Waals surface area contributed by atoms with Gasteiger partial charge in [-0.1, -0.05) is 0 Å². The SMILES string of the molecule is C[C@@H](N)C(=O)N[C@@H](CC(N)=O)C(=O)O. The summed E-state index contributed by atoms with van der Waals surface area (Å²) < 4.78 is 0. The fourth-order valence-corrected chi connectivity index (χ4v) is 0.704. The maximum absolute atomic E-state index is 11.0. The highest BCUT2D eigenvalue weighted by Gasteiger charge is 2.23. The van der Waals surface area contributed by atoms with E-state index in [1.807, 2.05) is 0 Å². The predicted molar refractivity (Wildman–Crippen MR) is 47.0 cm³/mol. The molecule has 0 aliphatic heterocycles. The molecule has 0 bridgehead atoms. The van der Waals surface area contributed by atoms with Crippen LogP contribution < -0.4 is 16.8 Å². The first-order valence-electron chi connectivity index (χ1n) is 3.91. The summed E-state index contributed by atoms with van der Waals surface area (Å²) in [5.74, 6) is -2.76. The molecule has 0 rings (SSSR count). The van der Waals surface area contributed by atoms with Crippen molar-refractivity contribution < 1.29 is 19.5 Å². The quantitative estimate of drug-likeness (QED) is 0.401. The summed E-state index contributed by atoms with van der Waals surface area (Å²) in [6.45, 7) is 1.40. The second-order valence-electron chi connectivity index (χ2n) is 2.86. The van der Waals surface area contributed by atoms with Crippen molar-refractivity contribution in [3.63, 3.8) is 0 Å². The standard InChI is InChI=1S/C7H13N3O4/c1-3(8)6(12)10-4(7(13)14)2-5(9)11/h3-4H,2,8H2,1H3,(H2,9,11)(H,10,12)(H,13,14)/t3-,4+/m1/s1. The Morgan fingerprint density at radius 2 is 1.93 bits per heavy atom. The number of nitrogens with two attached hydrogens (primary N) is 2. The van der Waals surface area contributed by atoms with Crippen LogP contribution in [0.4, 0.5) is 0 Å². The number of carboxylic acids is 1. The summed E-state index contributed by atoms with van der Waals surface area (Å²) in [6.07, 6.45) is -0.451. The van der Waals surface area contributed by atoms with Crippen LogP contribution in [0.3, 0.4) is 0 Å². The molecule has 6 N–H and O–H groups in total. The number of carbonyl (C=O) groups excluding carboxylic acids is 2. The number of amides is 2. The predicted octanol–water partition coefficient (Wildman–Crippen LogP) is -2.22. The number of carboxylic acid groups (broad SMARTS) is 1. The molecule has 14 heavy (non-hydrogen) atoms. The van der Waals surface area contributed by atoms with E-state index in [0.717, 1.165) is 0 Å². The maximum atomic E-state index is 11.0. The Labute approximate surface area is 80.4 Å². The Hall–Kier alpha value is -1.63. The first-order valence-corrected chi connectivity index (χ1v) is 3.91. The molecule has 0 unspecified atom stereocenters. The van der Waals surface area contributed by atoms with Crippen molar-refractivity contribution in [1.82, 2.24) is 5.32 Å². The van der Waals surface area contributed by atoms with Crippen LogP contribution in [0, 0.1) is 0 Å². The van der Waals surface area contributed by atoms with E-state index in [-0.39, 0.29) is 0 Å². The molecule has 7 heteroatoms. The molecule has 0 saturated heterocycles. The average molecular weight is 203 g/mol. The lowest BCUT2D eigenvalue weighted by Crippen LogP contribution is -2.48. The molecule has 0 aromatic heterocycles. The number of carbonyl (C=O) groups is 3. The van der Waals surface area contributed by atoms with Gasteiger partial charge in [0.1, 0.15) is 6.04 Å². The van der Waals surface area contributed by atoms with Crippen molar-refractivity contribution in [2.45, 2.75) is 25.4 Å². The fraction of sp³-hybridized carbons (Fsp3) is 0.571. The highest BCUT2D eigenvalue weighted by molar-refractivity contribution is 5.89. The van der Waals surface area contributed by atoms with Gasteiger partial charge in [0.2, 0.25) is 11.8 Å². The van der Waals surface area contributed by atoms with Crippen LogP contribution in [0.1, 0.15) is 13.3 Å². The van der Waals surface area contributed by atoms with Gasteiger partial charge < -0.3 is 21.9 Å². The van der Waals surface area contributed by atoms with Gasteiger partial charge in [-0.25, -0.2) is 4.79 Å². The van der Waals surface area contributed by atoms with Gasteiger partial charge in [-0.15, -0.1) is 0 Å². The zero-order valence-electron chi connectivity index (χ0n) is 7.69. The van der Waals surface area contributed by atoms with Crippen molar-refractivity contribution in [3.05, 3.63) is 0 Å². The molecule has 0 saturated carbocycles. The zero-order chi connectivity index (χ0) is 11.3.